The van der Waals surface area contributed by atoms with Crippen LogP contribution in [-0.2, 0) is 19.1 Å². The summed E-state index contributed by atoms with van der Waals surface area (Å²) >= 11 is 0. The van der Waals surface area contributed by atoms with Gasteiger partial charge in [0.05, 0.1) is 24.8 Å². The van der Waals surface area contributed by atoms with Crippen LogP contribution in [-0.4, -0.2) is 60.1 Å². The lowest BCUT2D eigenvalue weighted by molar-refractivity contribution is -0.160. The summed E-state index contributed by atoms with van der Waals surface area (Å²) < 4.78 is 19.2. The molecule has 0 aromatic heterocycles. The number of benzene rings is 1. The summed E-state index contributed by atoms with van der Waals surface area (Å²) in [5.74, 6) is -2.84. The molecule has 0 radical (unpaired) electrons. The van der Waals surface area contributed by atoms with E-state index in [0.717, 1.165) is 5.56 Å². The van der Waals surface area contributed by atoms with Gasteiger partial charge in [0.2, 0.25) is 11.8 Å². The van der Waals surface area contributed by atoms with Crippen molar-refractivity contribution in [2.45, 2.75) is 19.4 Å². The number of aryl methyl sites for hydroxylation is 1. The number of ether oxygens (including phenoxy) is 1. The Kier molecular flexibility index (Phi) is 4.71. The highest BCUT2D eigenvalue weighted by molar-refractivity contribution is 6.00. The molecule has 2 atom stereocenters. The van der Waals surface area contributed by atoms with Crippen LogP contribution in [0.2, 0.25) is 0 Å². The molecule has 3 rings (SSSR count). The zero-order valence-electron chi connectivity index (χ0n) is 13.8. The molecule has 0 aliphatic carbocycles. The maximum absolute atomic E-state index is 14.1. The van der Waals surface area contributed by atoms with E-state index in [1.54, 1.807) is 13.0 Å². The molecular formula is C17H19FN2O5. The number of amides is 2. The van der Waals surface area contributed by atoms with Gasteiger partial charge < -0.3 is 19.6 Å². The van der Waals surface area contributed by atoms with Crippen LogP contribution < -0.4 is 4.90 Å². The van der Waals surface area contributed by atoms with Gasteiger partial charge in [-0.1, -0.05) is 6.07 Å². The predicted octanol–water partition coefficient (Wildman–Crippen LogP) is 0.799. The molecule has 2 heterocycles. The summed E-state index contributed by atoms with van der Waals surface area (Å²) in [5, 5.41) is 9.02. The fourth-order valence-corrected chi connectivity index (χ4v) is 3.19. The van der Waals surface area contributed by atoms with Crippen molar-refractivity contribution in [2.24, 2.45) is 5.92 Å². The lowest BCUT2D eigenvalue weighted by Crippen LogP contribution is -2.50. The number of hydrogen-bond acceptors (Lipinski definition) is 4. The molecule has 0 spiro atoms. The molecule has 1 aromatic carbocycles. The van der Waals surface area contributed by atoms with Gasteiger partial charge in [-0.25, -0.2) is 9.18 Å². The molecule has 0 saturated carbocycles. The van der Waals surface area contributed by atoms with Crippen LogP contribution >= 0.6 is 0 Å². The highest BCUT2D eigenvalue weighted by Gasteiger charge is 2.40. The first-order chi connectivity index (χ1) is 11.9. The van der Waals surface area contributed by atoms with Gasteiger partial charge in [0.25, 0.3) is 0 Å². The molecule has 134 valence electrons. The van der Waals surface area contributed by atoms with Crippen molar-refractivity contribution in [1.82, 2.24) is 4.90 Å². The smallest absolute Gasteiger partial charge is 0.334 e. The quantitative estimate of drug-likeness (QED) is 0.871. The number of carbonyl (C=O) groups excluding carboxylic acids is 2. The first-order valence-electron chi connectivity index (χ1n) is 8.06. The van der Waals surface area contributed by atoms with Gasteiger partial charge >= 0.3 is 5.97 Å². The number of carbonyl (C=O) groups is 3. The fraction of sp³-hybridized carbons (Fsp3) is 0.471. The van der Waals surface area contributed by atoms with E-state index in [0.29, 0.717) is 0 Å². The Balaban J connectivity index is 1.71. The van der Waals surface area contributed by atoms with E-state index < -0.39 is 23.8 Å². The molecule has 1 aromatic rings. The summed E-state index contributed by atoms with van der Waals surface area (Å²) in [4.78, 5) is 38.6. The summed E-state index contributed by atoms with van der Waals surface area (Å²) in [5.41, 5.74) is 0.907. The van der Waals surface area contributed by atoms with Crippen molar-refractivity contribution in [3.8, 4) is 0 Å². The van der Waals surface area contributed by atoms with Crippen LogP contribution in [0.3, 0.4) is 0 Å². The van der Waals surface area contributed by atoms with Crippen molar-refractivity contribution in [3.05, 3.63) is 29.6 Å². The van der Waals surface area contributed by atoms with Crippen LogP contribution in [0.5, 0.6) is 0 Å². The summed E-state index contributed by atoms with van der Waals surface area (Å²) in [7, 11) is 0. The number of halogens is 1. The molecule has 25 heavy (non-hydrogen) atoms. The van der Waals surface area contributed by atoms with Gasteiger partial charge in [0, 0.05) is 19.5 Å². The second-order valence-corrected chi connectivity index (χ2v) is 6.34. The van der Waals surface area contributed by atoms with Crippen LogP contribution in [0.1, 0.15) is 12.0 Å². The second kappa shape index (κ2) is 6.79. The summed E-state index contributed by atoms with van der Waals surface area (Å²) in [6.45, 7) is 2.22. The second-order valence-electron chi connectivity index (χ2n) is 6.34. The Morgan fingerprint density at radius 2 is 2.08 bits per heavy atom. The minimum absolute atomic E-state index is 0.0127. The van der Waals surface area contributed by atoms with E-state index in [1.807, 2.05) is 0 Å². The topological polar surface area (TPSA) is 87.2 Å². The fourth-order valence-electron chi connectivity index (χ4n) is 3.19. The number of nitrogens with zero attached hydrogens (tertiary/aromatic N) is 2. The number of aliphatic carboxylic acids is 1. The number of hydrogen-bond donors (Lipinski definition) is 1. The van der Waals surface area contributed by atoms with Gasteiger partial charge in [-0.3, -0.25) is 9.59 Å². The van der Waals surface area contributed by atoms with Crippen molar-refractivity contribution in [3.63, 3.8) is 0 Å². The monoisotopic (exact) mass is 350 g/mol. The molecule has 7 nitrogen and oxygen atoms in total. The average molecular weight is 350 g/mol. The minimum Gasteiger partial charge on any atom is -0.479 e. The first kappa shape index (κ1) is 17.3. The minimum atomic E-state index is -1.12. The van der Waals surface area contributed by atoms with Gasteiger partial charge in [0.15, 0.2) is 6.10 Å². The summed E-state index contributed by atoms with van der Waals surface area (Å²) in [6, 6.07) is 4.59. The molecular weight excluding hydrogens is 331 g/mol. The van der Waals surface area contributed by atoms with E-state index in [4.69, 9.17) is 9.84 Å². The van der Waals surface area contributed by atoms with Crippen molar-refractivity contribution >= 4 is 23.5 Å². The molecule has 1 N–H and O–H groups in total. The standard InChI is InChI=1S/C17H19FN2O5/c1-10-2-3-13(12(18)6-10)20-8-11(7-15(20)21)16(22)19-4-5-25-14(9-19)17(23)24/h2-3,6,11,14H,4-5,7-9H2,1H3,(H,23,24)/t11-,14+/m1/s1. The maximum Gasteiger partial charge on any atom is 0.334 e. The number of anilines is 1. The van der Waals surface area contributed by atoms with Crippen LogP contribution in [0, 0.1) is 18.7 Å². The molecule has 0 unspecified atom stereocenters. The van der Waals surface area contributed by atoms with E-state index in [1.165, 1.54) is 21.9 Å². The van der Waals surface area contributed by atoms with Crippen LogP contribution in [0.4, 0.5) is 10.1 Å². The van der Waals surface area contributed by atoms with E-state index in [9.17, 15) is 18.8 Å². The van der Waals surface area contributed by atoms with Gasteiger partial charge in [-0.05, 0) is 24.6 Å². The Morgan fingerprint density at radius 3 is 2.76 bits per heavy atom. The number of rotatable bonds is 3. The van der Waals surface area contributed by atoms with Crippen molar-refractivity contribution < 1.29 is 28.6 Å². The van der Waals surface area contributed by atoms with Crippen molar-refractivity contribution in [2.75, 3.05) is 31.1 Å². The van der Waals surface area contributed by atoms with E-state index >= 15 is 0 Å². The van der Waals surface area contributed by atoms with E-state index in [2.05, 4.69) is 0 Å². The SMILES string of the molecule is Cc1ccc(N2C[C@H](C(=O)N3CCO[C@H](C(=O)O)C3)CC2=O)c(F)c1. The highest BCUT2D eigenvalue weighted by Crippen LogP contribution is 2.29. The van der Waals surface area contributed by atoms with Crippen molar-refractivity contribution in [1.29, 1.82) is 0 Å². The largest absolute Gasteiger partial charge is 0.479 e. The third-order valence-electron chi connectivity index (χ3n) is 4.52. The molecule has 2 amide bonds. The third-order valence-corrected chi connectivity index (χ3v) is 4.52. The van der Waals surface area contributed by atoms with Gasteiger partial charge in [-0.2, -0.15) is 0 Å². The van der Waals surface area contributed by atoms with Gasteiger partial charge in [0.1, 0.15) is 5.82 Å². The Morgan fingerprint density at radius 1 is 1.32 bits per heavy atom. The lowest BCUT2D eigenvalue weighted by atomic mass is 10.1. The molecule has 2 saturated heterocycles. The number of morpholine rings is 1. The molecule has 8 heteroatoms. The molecule has 2 aliphatic rings. The summed E-state index contributed by atoms with van der Waals surface area (Å²) in [6.07, 6.45) is -1.07. The zero-order valence-corrected chi connectivity index (χ0v) is 13.8. The Bertz CT molecular complexity index is 723. The number of carboxylic acids is 1. The highest BCUT2D eigenvalue weighted by atomic mass is 19.1. The predicted molar refractivity (Wildman–Crippen MR) is 85.6 cm³/mol. The lowest BCUT2D eigenvalue weighted by Gasteiger charge is -2.32. The molecule has 0 bridgehead atoms. The molecule has 2 fully saturated rings. The zero-order chi connectivity index (χ0) is 18.1. The average Bonchev–Trinajstić information content (AvgIpc) is 2.96. The number of carboxylic acid groups (broad SMARTS) is 1. The van der Waals surface area contributed by atoms with Gasteiger partial charge in [-0.15, -0.1) is 0 Å². The Labute approximate surface area is 144 Å². The van der Waals surface area contributed by atoms with Crippen LogP contribution in [0.15, 0.2) is 18.2 Å². The third kappa shape index (κ3) is 3.48. The molecule has 2 aliphatic heterocycles. The van der Waals surface area contributed by atoms with E-state index in [-0.39, 0.29) is 50.2 Å². The first-order valence-corrected chi connectivity index (χ1v) is 8.06. The maximum atomic E-state index is 14.1. The van der Waals surface area contributed by atoms with Crippen LogP contribution in [0.25, 0.3) is 0 Å². The normalized spacial score (nSPS) is 23.8. The Hall–Kier alpha value is -2.48.